The molecule has 0 amide bonds. The molecule has 0 aliphatic heterocycles. The van der Waals surface area contributed by atoms with Crippen LogP contribution in [-0.4, -0.2) is 17.6 Å². The van der Waals surface area contributed by atoms with Crippen molar-refractivity contribution in [2.45, 2.75) is 26.7 Å². The highest BCUT2D eigenvalue weighted by Gasteiger charge is 2.03. The zero-order valence-corrected chi connectivity index (χ0v) is 9.21. The van der Waals surface area contributed by atoms with Crippen molar-refractivity contribution in [3.05, 3.63) is 29.3 Å². The molecule has 0 spiro atoms. The predicted octanol–water partition coefficient (Wildman–Crippen LogP) is 2.44. The summed E-state index contributed by atoms with van der Waals surface area (Å²) in [4.78, 5) is 10.4. The van der Waals surface area contributed by atoms with Gasteiger partial charge in [-0.3, -0.25) is 4.79 Å². The highest BCUT2D eigenvalue weighted by atomic mass is 16.4. The van der Waals surface area contributed by atoms with Crippen LogP contribution in [0, 0.1) is 6.92 Å². The summed E-state index contributed by atoms with van der Waals surface area (Å²) in [5, 5.41) is 11.7. The Morgan fingerprint density at radius 1 is 1.47 bits per heavy atom. The molecule has 0 heterocycles. The highest BCUT2D eigenvalue weighted by Crippen LogP contribution is 2.19. The van der Waals surface area contributed by atoms with E-state index in [0.717, 1.165) is 12.1 Å². The molecule has 15 heavy (non-hydrogen) atoms. The van der Waals surface area contributed by atoms with Gasteiger partial charge >= 0.3 is 5.97 Å². The third-order valence-electron chi connectivity index (χ3n) is 2.42. The Bertz CT molecular complexity index is 347. The second-order valence-electron chi connectivity index (χ2n) is 3.53. The summed E-state index contributed by atoms with van der Waals surface area (Å²) in [6, 6.07) is 6.05. The summed E-state index contributed by atoms with van der Waals surface area (Å²) in [6.07, 6.45) is 1.11. The summed E-state index contributed by atoms with van der Waals surface area (Å²) in [5.74, 6) is -0.770. The topological polar surface area (TPSA) is 49.3 Å². The Kier molecular flexibility index (Phi) is 4.16. The van der Waals surface area contributed by atoms with E-state index in [1.54, 1.807) is 0 Å². The lowest BCUT2D eigenvalue weighted by Crippen LogP contribution is -2.09. The molecule has 1 aromatic rings. The van der Waals surface area contributed by atoms with Gasteiger partial charge in [0.2, 0.25) is 0 Å². The van der Waals surface area contributed by atoms with Crippen LogP contribution in [0.2, 0.25) is 0 Å². The number of hydrogen-bond donors (Lipinski definition) is 2. The lowest BCUT2D eigenvalue weighted by molar-refractivity contribution is -0.136. The zero-order valence-electron chi connectivity index (χ0n) is 9.21. The lowest BCUT2D eigenvalue weighted by atomic mass is 10.0. The second kappa shape index (κ2) is 5.39. The first-order valence-corrected chi connectivity index (χ1v) is 5.19. The number of aliphatic carboxylic acids is 1. The quantitative estimate of drug-likeness (QED) is 0.779. The molecule has 0 saturated carbocycles. The first kappa shape index (κ1) is 11.6. The van der Waals surface area contributed by atoms with Crippen molar-refractivity contribution in [3.63, 3.8) is 0 Å². The monoisotopic (exact) mass is 207 g/mol. The van der Waals surface area contributed by atoms with Crippen LogP contribution in [0.3, 0.4) is 0 Å². The first-order valence-electron chi connectivity index (χ1n) is 5.19. The Morgan fingerprint density at radius 3 is 2.80 bits per heavy atom. The van der Waals surface area contributed by atoms with Gasteiger partial charge in [0.15, 0.2) is 0 Å². The normalized spacial score (nSPS) is 10.0. The van der Waals surface area contributed by atoms with E-state index in [1.807, 2.05) is 12.1 Å². The molecular formula is C12H17NO2. The Morgan fingerprint density at radius 2 is 2.20 bits per heavy atom. The Labute approximate surface area is 90.1 Å². The average Bonchev–Trinajstić information content (AvgIpc) is 2.17. The molecule has 0 radical (unpaired) electrons. The SMILES string of the molecule is CCc1c(C)cccc1NCCC(=O)O. The average molecular weight is 207 g/mol. The highest BCUT2D eigenvalue weighted by molar-refractivity contribution is 5.67. The molecule has 0 unspecified atom stereocenters. The van der Waals surface area contributed by atoms with Crippen LogP contribution in [0.5, 0.6) is 0 Å². The van der Waals surface area contributed by atoms with Crippen molar-refractivity contribution in [1.82, 2.24) is 0 Å². The first-order chi connectivity index (χ1) is 7.15. The Hall–Kier alpha value is -1.51. The smallest absolute Gasteiger partial charge is 0.305 e. The molecule has 0 bridgehead atoms. The Balaban J connectivity index is 2.67. The number of benzene rings is 1. The molecule has 0 atom stereocenters. The van der Waals surface area contributed by atoms with Gasteiger partial charge in [-0.2, -0.15) is 0 Å². The standard InChI is InChI=1S/C12H17NO2/c1-3-10-9(2)5-4-6-11(10)13-8-7-12(14)15/h4-6,13H,3,7-8H2,1-2H3,(H,14,15). The van der Waals surface area contributed by atoms with Gasteiger partial charge in [-0.1, -0.05) is 19.1 Å². The van der Waals surface area contributed by atoms with E-state index in [9.17, 15) is 4.79 Å². The van der Waals surface area contributed by atoms with Gasteiger partial charge in [-0.25, -0.2) is 0 Å². The fourth-order valence-corrected chi connectivity index (χ4v) is 1.64. The van der Waals surface area contributed by atoms with E-state index in [2.05, 4.69) is 25.2 Å². The van der Waals surface area contributed by atoms with Crippen molar-refractivity contribution in [1.29, 1.82) is 0 Å². The summed E-state index contributed by atoms with van der Waals surface area (Å²) < 4.78 is 0. The van der Waals surface area contributed by atoms with Gasteiger partial charge < -0.3 is 10.4 Å². The van der Waals surface area contributed by atoms with Crippen molar-refractivity contribution in [2.24, 2.45) is 0 Å². The van der Waals surface area contributed by atoms with Crippen LogP contribution in [0.25, 0.3) is 0 Å². The number of anilines is 1. The molecule has 1 aromatic carbocycles. The third kappa shape index (κ3) is 3.27. The van der Waals surface area contributed by atoms with Crippen molar-refractivity contribution in [2.75, 3.05) is 11.9 Å². The molecule has 3 nitrogen and oxygen atoms in total. The minimum absolute atomic E-state index is 0.150. The fourth-order valence-electron chi connectivity index (χ4n) is 1.64. The molecule has 0 saturated heterocycles. The number of carboxylic acid groups (broad SMARTS) is 1. The molecule has 0 aromatic heterocycles. The van der Waals surface area contributed by atoms with Gasteiger partial charge in [0.25, 0.3) is 0 Å². The number of nitrogens with one attached hydrogen (secondary N) is 1. The largest absolute Gasteiger partial charge is 0.481 e. The summed E-state index contributed by atoms with van der Waals surface area (Å²) >= 11 is 0. The van der Waals surface area contributed by atoms with Crippen LogP contribution >= 0.6 is 0 Å². The molecule has 0 fully saturated rings. The van der Waals surface area contributed by atoms with E-state index in [-0.39, 0.29) is 6.42 Å². The third-order valence-corrected chi connectivity index (χ3v) is 2.42. The van der Waals surface area contributed by atoms with Gasteiger partial charge in [-0.15, -0.1) is 0 Å². The number of carboxylic acids is 1. The molecule has 82 valence electrons. The van der Waals surface area contributed by atoms with Gasteiger partial charge in [0.05, 0.1) is 6.42 Å². The van der Waals surface area contributed by atoms with Crippen LogP contribution < -0.4 is 5.32 Å². The maximum atomic E-state index is 10.4. The summed E-state index contributed by atoms with van der Waals surface area (Å²) in [6.45, 7) is 4.65. The van der Waals surface area contributed by atoms with E-state index < -0.39 is 5.97 Å². The number of carbonyl (C=O) groups is 1. The van der Waals surface area contributed by atoms with Crippen LogP contribution in [-0.2, 0) is 11.2 Å². The second-order valence-corrected chi connectivity index (χ2v) is 3.53. The molecular weight excluding hydrogens is 190 g/mol. The van der Waals surface area contributed by atoms with Crippen LogP contribution in [0.15, 0.2) is 18.2 Å². The number of hydrogen-bond acceptors (Lipinski definition) is 2. The van der Waals surface area contributed by atoms with Crippen molar-refractivity contribution < 1.29 is 9.90 Å². The lowest BCUT2D eigenvalue weighted by Gasteiger charge is -2.12. The minimum Gasteiger partial charge on any atom is -0.481 e. The van der Waals surface area contributed by atoms with E-state index >= 15 is 0 Å². The van der Waals surface area contributed by atoms with E-state index in [1.165, 1.54) is 11.1 Å². The zero-order chi connectivity index (χ0) is 11.3. The molecule has 3 heteroatoms. The molecule has 1 rings (SSSR count). The van der Waals surface area contributed by atoms with E-state index in [4.69, 9.17) is 5.11 Å². The maximum Gasteiger partial charge on any atom is 0.305 e. The van der Waals surface area contributed by atoms with Gasteiger partial charge in [-0.05, 0) is 30.5 Å². The van der Waals surface area contributed by atoms with Gasteiger partial charge in [0, 0.05) is 12.2 Å². The van der Waals surface area contributed by atoms with Crippen LogP contribution in [0.1, 0.15) is 24.5 Å². The predicted molar refractivity (Wildman–Crippen MR) is 61.3 cm³/mol. The summed E-state index contributed by atoms with van der Waals surface area (Å²) in [7, 11) is 0. The van der Waals surface area contributed by atoms with Gasteiger partial charge in [0.1, 0.15) is 0 Å². The number of rotatable bonds is 5. The van der Waals surface area contributed by atoms with Crippen LogP contribution in [0.4, 0.5) is 5.69 Å². The van der Waals surface area contributed by atoms with E-state index in [0.29, 0.717) is 6.54 Å². The number of aryl methyl sites for hydroxylation is 1. The maximum absolute atomic E-state index is 10.4. The molecule has 2 N–H and O–H groups in total. The minimum atomic E-state index is -0.770. The summed E-state index contributed by atoms with van der Waals surface area (Å²) in [5.41, 5.74) is 3.57. The molecule has 0 aliphatic carbocycles. The van der Waals surface area contributed by atoms with Crippen molar-refractivity contribution in [3.8, 4) is 0 Å². The molecule has 0 aliphatic rings. The fraction of sp³-hybridized carbons (Fsp3) is 0.417. The van der Waals surface area contributed by atoms with Crippen molar-refractivity contribution >= 4 is 11.7 Å².